The Labute approximate surface area is 67.8 Å². The molecule has 0 spiro atoms. The molecule has 68 valence electrons. The fourth-order valence-corrected chi connectivity index (χ4v) is 0. The van der Waals surface area contributed by atoms with E-state index in [1.54, 1.807) is 0 Å². The lowest BCUT2D eigenvalue weighted by Crippen LogP contribution is -2.26. The maximum Gasteiger partial charge on any atom is 0.287 e. The zero-order chi connectivity index (χ0) is 9.71. The molecule has 0 aromatic heterocycles. The fourth-order valence-electron chi connectivity index (χ4n) is 0. The zero-order valence-corrected chi connectivity index (χ0v) is 7.85. The summed E-state index contributed by atoms with van der Waals surface area (Å²) in [5, 5.41) is 0.465. The lowest BCUT2D eigenvalue weighted by Gasteiger charge is -2.06. The van der Waals surface area contributed by atoms with E-state index < -0.39 is 10.1 Å². The average Bonchev–Trinajstić information content (AvgIpc) is 1.59. The second-order valence-corrected chi connectivity index (χ2v) is 4.41. The van der Waals surface area contributed by atoms with Crippen molar-refractivity contribution in [2.45, 2.75) is 26.3 Å². The second kappa shape index (κ2) is 4.48. The van der Waals surface area contributed by atoms with Crippen LogP contribution < -0.4 is 5.73 Å². The van der Waals surface area contributed by atoms with Crippen molar-refractivity contribution in [1.82, 2.24) is 0 Å². The Morgan fingerprint density at radius 2 is 1.55 bits per heavy atom. The molecule has 0 saturated carbocycles. The average molecular weight is 181 g/mol. The molecule has 0 bridgehead atoms. The largest absolute Gasteiger partial charge is 0.326 e. The smallest absolute Gasteiger partial charge is 0.287 e. The highest BCUT2D eigenvalue weighted by molar-refractivity contribution is 7.88. The monoisotopic (exact) mass is 181 g/mol. The highest BCUT2D eigenvalue weighted by Gasteiger charge is 1.95. The maximum atomic E-state index is 9.44. The molecule has 5 heteroatoms. The third kappa shape index (κ3) is 81.7. The van der Waals surface area contributed by atoms with E-state index in [9.17, 15) is 8.42 Å². The summed E-state index contributed by atoms with van der Waals surface area (Å²) in [5.41, 5.74) is 5.35. The number of hydrogen-bond donors (Lipinski definition) is 2. The van der Waals surface area contributed by atoms with Crippen molar-refractivity contribution < 1.29 is 13.0 Å². The molecule has 0 atom stereocenters. The van der Waals surface area contributed by atoms with Gasteiger partial charge in [-0.1, -0.05) is 6.58 Å². The fraction of sp³-hybridized carbons (Fsp3) is 0.667. The van der Waals surface area contributed by atoms with E-state index in [1.165, 1.54) is 0 Å². The second-order valence-electron chi connectivity index (χ2n) is 3.05. The van der Waals surface area contributed by atoms with E-state index in [0.717, 1.165) is 0 Å². The molecule has 0 aromatic carbocycles. The number of rotatable bonds is 1. The van der Waals surface area contributed by atoms with Crippen LogP contribution in [0.15, 0.2) is 12.0 Å². The molecule has 0 fully saturated rings. The van der Waals surface area contributed by atoms with E-state index >= 15 is 0 Å². The van der Waals surface area contributed by atoms with Crippen LogP contribution in [0.5, 0.6) is 0 Å². The van der Waals surface area contributed by atoms with E-state index in [4.69, 9.17) is 10.3 Å². The Hall–Kier alpha value is -0.390. The molecule has 0 aliphatic heterocycles. The molecule has 0 aliphatic rings. The van der Waals surface area contributed by atoms with Gasteiger partial charge in [0.2, 0.25) is 0 Å². The Balaban J connectivity index is 0. The van der Waals surface area contributed by atoms with Gasteiger partial charge in [0.05, 0.1) is 5.41 Å². The molecule has 0 aliphatic carbocycles. The summed E-state index contributed by atoms with van der Waals surface area (Å²) in [7, 11) is -3.90. The maximum absolute atomic E-state index is 9.44. The molecule has 0 amide bonds. The Bertz CT molecular complexity index is 183. The van der Waals surface area contributed by atoms with Crippen LogP contribution in [0, 0.1) is 0 Å². The number of nitrogens with two attached hydrogens (primary N) is 1. The zero-order valence-electron chi connectivity index (χ0n) is 7.03. The highest BCUT2D eigenvalue weighted by atomic mass is 32.2. The molecule has 0 aromatic rings. The van der Waals surface area contributed by atoms with Crippen LogP contribution in [0.2, 0.25) is 0 Å². The molecule has 0 rings (SSSR count). The van der Waals surface area contributed by atoms with Crippen molar-refractivity contribution in [3.8, 4) is 0 Å². The van der Waals surface area contributed by atoms with Crippen LogP contribution in [-0.2, 0) is 10.1 Å². The first-order valence-electron chi connectivity index (χ1n) is 2.95. The van der Waals surface area contributed by atoms with Crippen molar-refractivity contribution in [2.75, 3.05) is 0 Å². The van der Waals surface area contributed by atoms with Crippen LogP contribution in [0.3, 0.4) is 0 Å². The molecular weight excluding hydrogens is 166 g/mol. The molecule has 3 N–H and O–H groups in total. The lowest BCUT2D eigenvalue weighted by molar-refractivity contribution is 0.494. The van der Waals surface area contributed by atoms with Crippen molar-refractivity contribution >= 4 is 10.1 Å². The summed E-state index contributed by atoms with van der Waals surface area (Å²) >= 11 is 0. The van der Waals surface area contributed by atoms with Crippen LogP contribution in [0.25, 0.3) is 0 Å². The first-order chi connectivity index (χ1) is 4.56. The summed E-state index contributed by atoms with van der Waals surface area (Å²) in [5.74, 6) is 0. The van der Waals surface area contributed by atoms with Crippen molar-refractivity contribution in [3.05, 3.63) is 12.0 Å². The molecule has 0 unspecified atom stereocenters. The van der Waals surface area contributed by atoms with Gasteiger partial charge in [0.25, 0.3) is 10.1 Å². The summed E-state index contributed by atoms with van der Waals surface area (Å²) < 4.78 is 26.6. The van der Waals surface area contributed by atoms with E-state index in [1.807, 2.05) is 20.8 Å². The highest BCUT2D eigenvalue weighted by Crippen LogP contribution is 1.88. The van der Waals surface area contributed by atoms with Gasteiger partial charge in [0.1, 0.15) is 0 Å². The van der Waals surface area contributed by atoms with Gasteiger partial charge in [0.15, 0.2) is 0 Å². The van der Waals surface area contributed by atoms with Gasteiger partial charge in [-0.2, -0.15) is 8.42 Å². The van der Waals surface area contributed by atoms with Crippen molar-refractivity contribution in [1.29, 1.82) is 0 Å². The predicted molar refractivity (Wildman–Crippen MR) is 45.7 cm³/mol. The quantitative estimate of drug-likeness (QED) is 0.585. The minimum atomic E-state index is -3.90. The van der Waals surface area contributed by atoms with Gasteiger partial charge < -0.3 is 5.73 Å². The van der Waals surface area contributed by atoms with Crippen LogP contribution in [0.4, 0.5) is 0 Å². The molecule has 0 radical (unpaired) electrons. The molecular formula is C6H15NO3S. The summed E-state index contributed by atoms with van der Waals surface area (Å²) in [6, 6.07) is 0. The van der Waals surface area contributed by atoms with Gasteiger partial charge in [0, 0.05) is 5.54 Å². The SMILES string of the molecule is C=CS(=O)(=O)O.CC(C)(C)N. The van der Waals surface area contributed by atoms with Gasteiger partial charge in [-0.25, -0.2) is 0 Å². The third-order valence-corrected chi connectivity index (χ3v) is 0.632. The normalized spacial score (nSPS) is 11.4. The molecule has 11 heavy (non-hydrogen) atoms. The molecule has 0 saturated heterocycles. The summed E-state index contributed by atoms with van der Waals surface area (Å²) in [6.45, 7) is 8.69. The minimum Gasteiger partial charge on any atom is -0.326 e. The Morgan fingerprint density at radius 3 is 1.55 bits per heavy atom. The van der Waals surface area contributed by atoms with Gasteiger partial charge in [-0.15, -0.1) is 0 Å². The standard InChI is InChI=1S/C4H11N.C2H4O3S/c1-4(2,3)5;1-2-6(3,4)5/h5H2,1-3H3;2H,1H2,(H,3,4,5). The topological polar surface area (TPSA) is 80.4 Å². The van der Waals surface area contributed by atoms with Crippen molar-refractivity contribution in [3.63, 3.8) is 0 Å². The molecule has 0 heterocycles. The van der Waals surface area contributed by atoms with Crippen LogP contribution in [0.1, 0.15) is 20.8 Å². The van der Waals surface area contributed by atoms with E-state index in [2.05, 4.69) is 6.58 Å². The van der Waals surface area contributed by atoms with Crippen molar-refractivity contribution in [2.24, 2.45) is 5.73 Å². The van der Waals surface area contributed by atoms with E-state index in [0.29, 0.717) is 5.41 Å². The first kappa shape index (κ1) is 13.2. The summed E-state index contributed by atoms with van der Waals surface area (Å²) in [4.78, 5) is 0. The van der Waals surface area contributed by atoms with E-state index in [-0.39, 0.29) is 5.54 Å². The lowest BCUT2D eigenvalue weighted by atomic mass is 10.1. The molecule has 4 nitrogen and oxygen atoms in total. The Morgan fingerprint density at radius 1 is 1.45 bits per heavy atom. The third-order valence-electron chi connectivity index (χ3n) is 0.211. The van der Waals surface area contributed by atoms with Gasteiger partial charge >= 0.3 is 0 Å². The van der Waals surface area contributed by atoms with Gasteiger partial charge in [-0.3, -0.25) is 4.55 Å². The first-order valence-corrected chi connectivity index (χ1v) is 4.45. The van der Waals surface area contributed by atoms with Gasteiger partial charge in [-0.05, 0) is 20.8 Å². The summed E-state index contributed by atoms with van der Waals surface area (Å²) in [6.07, 6.45) is 0. The van der Waals surface area contributed by atoms with Crippen LogP contribution in [-0.4, -0.2) is 18.5 Å². The van der Waals surface area contributed by atoms with Crippen LogP contribution >= 0.6 is 0 Å². The Kier molecular flexibility index (Phi) is 5.38. The predicted octanol–water partition coefficient (Wildman–Crippen LogP) is 0.761. The number of hydrogen-bond acceptors (Lipinski definition) is 3. The minimum absolute atomic E-state index is 0.